The molecule has 4 nitrogen and oxygen atoms in total. The molecule has 0 spiro atoms. The molecule has 1 saturated carbocycles. The van der Waals surface area contributed by atoms with E-state index >= 15 is 0 Å². The number of anilines is 1. The lowest BCUT2D eigenvalue weighted by Gasteiger charge is -2.37. The average Bonchev–Trinajstić information content (AvgIpc) is 2.33. The number of nitrogens with zero attached hydrogens (tertiary/aromatic N) is 2. The van der Waals surface area contributed by atoms with Crippen LogP contribution in [0.25, 0.3) is 0 Å². The highest BCUT2D eigenvalue weighted by Crippen LogP contribution is 2.32. The fourth-order valence-corrected chi connectivity index (χ4v) is 2.53. The second kappa shape index (κ2) is 5.10. The smallest absolute Gasteiger partial charge is 0.144 e. The zero-order valence-electron chi connectivity index (χ0n) is 9.12. The van der Waals surface area contributed by atoms with E-state index in [0.29, 0.717) is 0 Å². The van der Waals surface area contributed by atoms with Gasteiger partial charge in [0.2, 0.25) is 0 Å². The van der Waals surface area contributed by atoms with E-state index in [0.717, 1.165) is 36.0 Å². The van der Waals surface area contributed by atoms with Gasteiger partial charge in [0.25, 0.3) is 0 Å². The van der Waals surface area contributed by atoms with E-state index in [9.17, 15) is 5.11 Å². The van der Waals surface area contributed by atoms with Crippen LogP contribution >= 0.6 is 15.9 Å². The third kappa shape index (κ3) is 2.52. The fraction of sp³-hybridized carbons (Fsp3) is 0.636. The number of hydrogen-bond acceptors (Lipinski definition) is 4. The van der Waals surface area contributed by atoms with E-state index in [1.54, 1.807) is 6.20 Å². The number of rotatable bonds is 3. The van der Waals surface area contributed by atoms with Gasteiger partial charge in [0, 0.05) is 6.20 Å². The molecule has 16 heavy (non-hydrogen) atoms. The molecular formula is C11H16BrN3O. The van der Waals surface area contributed by atoms with Crippen molar-refractivity contribution in [3.63, 3.8) is 0 Å². The number of hydrogen-bond donors (Lipinski definition) is 2. The Labute approximate surface area is 104 Å². The van der Waals surface area contributed by atoms with Gasteiger partial charge >= 0.3 is 0 Å². The van der Waals surface area contributed by atoms with Gasteiger partial charge < -0.3 is 10.4 Å². The molecule has 1 aromatic rings. The van der Waals surface area contributed by atoms with Crippen LogP contribution < -0.4 is 5.32 Å². The van der Waals surface area contributed by atoms with Crippen molar-refractivity contribution in [3.05, 3.63) is 17.0 Å². The lowest BCUT2D eigenvalue weighted by atomic mass is 9.82. The molecular weight excluding hydrogens is 270 g/mol. The Morgan fingerprint density at radius 3 is 2.75 bits per heavy atom. The van der Waals surface area contributed by atoms with Crippen molar-refractivity contribution in [2.75, 3.05) is 11.9 Å². The highest BCUT2D eigenvalue weighted by Gasteiger charge is 2.31. The number of nitrogens with one attached hydrogen (secondary N) is 1. The monoisotopic (exact) mass is 285 g/mol. The molecule has 1 aliphatic rings. The average molecular weight is 286 g/mol. The van der Waals surface area contributed by atoms with Crippen molar-refractivity contribution < 1.29 is 5.11 Å². The Morgan fingerprint density at radius 1 is 1.38 bits per heavy atom. The zero-order valence-corrected chi connectivity index (χ0v) is 10.7. The van der Waals surface area contributed by atoms with Crippen molar-refractivity contribution in [1.82, 2.24) is 9.97 Å². The van der Waals surface area contributed by atoms with Gasteiger partial charge in [-0.2, -0.15) is 0 Å². The fourth-order valence-electron chi connectivity index (χ4n) is 2.21. The van der Waals surface area contributed by atoms with Crippen LogP contribution in [0.1, 0.15) is 32.1 Å². The molecule has 1 heterocycles. The Kier molecular flexibility index (Phi) is 3.76. The summed E-state index contributed by atoms with van der Waals surface area (Å²) in [5.74, 6) is 0.769. The molecule has 5 heteroatoms. The first-order chi connectivity index (χ1) is 7.76. The quantitative estimate of drug-likeness (QED) is 0.895. The molecule has 0 bridgehead atoms. The van der Waals surface area contributed by atoms with Crippen LogP contribution in [0.4, 0.5) is 5.82 Å². The van der Waals surface area contributed by atoms with E-state index < -0.39 is 0 Å². The molecule has 1 aliphatic carbocycles. The number of aliphatic hydroxyl groups excluding tert-OH is 1. The second-order valence-corrected chi connectivity index (χ2v) is 5.20. The van der Waals surface area contributed by atoms with Gasteiger partial charge in [-0.3, -0.25) is 0 Å². The maximum atomic E-state index is 9.57. The van der Waals surface area contributed by atoms with Crippen LogP contribution in [0.2, 0.25) is 0 Å². The van der Waals surface area contributed by atoms with Crippen molar-refractivity contribution in [2.24, 2.45) is 0 Å². The van der Waals surface area contributed by atoms with Crippen molar-refractivity contribution in [1.29, 1.82) is 0 Å². The van der Waals surface area contributed by atoms with E-state index in [2.05, 4.69) is 31.2 Å². The van der Waals surface area contributed by atoms with Crippen molar-refractivity contribution in [2.45, 2.75) is 37.6 Å². The van der Waals surface area contributed by atoms with Crippen LogP contribution in [0.3, 0.4) is 0 Å². The van der Waals surface area contributed by atoms with E-state index in [1.807, 2.05) is 0 Å². The summed E-state index contributed by atoms with van der Waals surface area (Å²) in [4.78, 5) is 8.11. The Balaban J connectivity index is 2.15. The molecule has 0 saturated heterocycles. The minimum Gasteiger partial charge on any atom is -0.394 e. The summed E-state index contributed by atoms with van der Waals surface area (Å²) in [6, 6.07) is 0. The number of aromatic nitrogens is 2. The largest absolute Gasteiger partial charge is 0.394 e. The highest BCUT2D eigenvalue weighted by molar-refractivity contribution is 9.10. The van der Waals surface area contributed by atoms with Crippen LogP contribution in [0.15, 0.2) is 17.0 Å². The standard InChI is InChI=1S/C11H16BrN3O/c12-9-6-13-8-14-10(9)15-11(7-16)4-2-1-3-5-11/h6,8,16H,1-5,7H2,(H,13,14,15). The summed E-state index contributed by atoms with van der Waals surface area (Å²) in [5, 5.41) is 12.9. The molecule has 1 aromatic heterocycles. The van der Waals surface area contributed by atoms with Gasteiger partial charge in [-0.15, -0.1) is 0 Å². The Bertz CT molecular complexity index is 353. The summed E-state index contributed by atoms with van der Waals surface area (Å²) in [5.41, 5.74) is -0.199. The summed E-state index contributed by atoms with van der Waals surface area (Å²) >= 11 is 3.41. The first-order valence-corrected chi connectivity index (χ1v) is 6.40. The van der Waals surface area contributed by atoms with Gasteiger partial charge in [-0.05, 0) is 28.8 Å². The number of halogens is 1. The predicted octanol–water partition coefficient (Wildman–Crippen LogP) is 2.35. The normalized spacial score (nSPS) is 19.4. The van der Waals surface area contributed by atoms with Crippen molar-refractivity contribution >= 4 is 21.7 Å². The SMILES string of the molecule is OCC1(Nc2ncncc2Br)CCCCC1. The lowest BCUT2D eigenvalue weighted by molar-refractivity contribution is 0.172. The van der Waals surface area contributed by atoms with Gasteiger partial charge in [0.15, 0.2) is 0 Å². The summed E-state index contributed by atoms with van der Waals surface area (Å²) in [6.07, 6.45) is 8.81. The summed E-state index contributed by atoms with van der Waals surface area (Å²) < 4.78 is 0.841. The summed E-state index contributed by atoms with van der Waals surface area (Å²) in [6.45, 7) is 0.156. The first-order valence-electron chi connectivity index (χ1n) is 5.60. The summed E-state index contributed by atoms with van der Waals surface area (Å²) in [7, 11) is 0. The first kappa shape index (κ1) is 11.8. The zero-order chi connectivity index (χ0) is 11.4. The minimum atomic E-state index is -0.199. The topological polar surface area (TPSA) is 58.0 Å². The maximum absolute atomic E-state index is 9.57. The molecule has 0 amide bonds. The van der Waals surface area contributed by atoms with E-state index in [1.165, 1.54) is 12.7 Å². The molecule has 0 radical (unpaired) electrons. The van der Waals surface area contributed by atoms with Crippen molar-refractivity contribution in [3.8, 4) is 0 Å². The highest BCUT2D eigenvalue weighted by atomic mass is 79.9. The molecule has 0 aromatic carbocycles. The third-order valence-electron chi connectivity index (χ3n) is 3.16. The van der Waals surface area contributed by atoms with Crippen LogP contribution in [-0.2, 0) is 0 Å². The second-order valence-electron chi connectivity index (χ2n) is 4.34. The third-order valence-corrected chi connectivity index (χ3v) is 3.74. The lowest BCUT2D eigenvalue weighted by Crippen LogP contribution is -2.44. The molecule has 0 aliphatic heterocycles. The number of aliphatic hydroxyl groups is 1. The van der Waals surface area contributed by atoms with Gasteiger partial charge in [0.05, 0.1) is 16.6 Å². The van der Waals surface area contributed by atoms with Gasteiger partial charge in [-0.1, -0.05) is 19.3 Å². The van der Waals surface area contributed by atoms with E-state index in [-0.39, 0.29) is 12.1 Å². The van der Waals surface area contributed by atoms with Crippen LogP contribution in [0.5, 0.6) is 0 Å². The maximum Gasteiger partial charge on any atom is 0.144 e. The molecule has 2 N–H and O–H groups in total. The van der Waals surface area contributed by atoms with E-state index in [4.69, 9.17) is 0 Å². The van der Waals surface area contributed by atoms with Crippen LogP contribution in [0, 0.1) is 0 Å². The van der Waals surface area contributed by atoms with Gasteiger partial charge in [-0.25, -0.2) is 9.97 Å². The minimum absolute atomic E-state index is 0.156. The molecule has 1 fully saturated rings. The molecule has 88 valence electrons. The Hall–Kier alpha value is -0.680. The Morgan fingerprint density at radius 2 is 2.12 bits per heavy atom. The molecule has 0 unspecified atom stereocenters. The molecule has 0 atom stereocenters. The van der Waals surface area contributed by atoms with Crippen LogP contribution in [-0.4, -0.2) is 27.2 Å². The molecule has 2 rings (SSSR count). The van der Waals surface area contributed by atoms with Gasteiger partial charge in [0.1, 0.15) is 12.1 Å². The predicted molar refractivity (Wildman–Crippen MR) is 66.3 cm³/mol.